The van der Waals surface area contributed by atoms with E-state index in [1.807, 2.05) is 20.8 Å². The van der Waals surface area contributed by atoms with Crippen molar-refractivity contribution in [3.63, 3.8) is 0 Å². The van der Waals surface area contributed by atoms with Gasteiger partial charge in [-0.05, 0) is 49.9 Å². The molecule has 5 amide bonds. The second kappa shape index (κ2) is 23.6. The van der Waals surface area contributed by atoms with Crippen LogP contribution in [0.15, 0.2) is 9.98 Å². The summed E-state index contributed by atoms with van der Waals surface area (Å²) in [6.45, 7) is 10.5. The molecule has 0 unspecified atom stereocenters. The Hall–Kier alpha value is -4.68. The van der Waals surface area contributed by atoms with Crippen LogP contribution in [0, 0.1) is 17.8 Å². The Balaban J connectivity index is 6.23. The SMILES string of the molecule is CC[C@H](C)[C@H](NC(=O)[C@H](CCCN=C(N)N)NC(=O)CN)C(=O)N[C@@H](CCCN=C(N)N)C(=O)N[C@H](C(=O)N[C@@H](CC(C)C)C(=O)O)C(C)C. The molecule has 19 nitrogen and oxygen atoms in total. The summed E-state index contributed by atoms with van der Waals surface area (Å²) >= 11 is 0. The Morgan fingerprint density at radius 3 is 1.48 bits per heavy atom. The third kappa shape index (κ3) is 18.2. The zero-order valence-corrected chi connectivity index (χ0v) is 30.2. The molecular formula is C31H60N12O7. The summed E-state index contributed by atoms with van der Waals surface area (Å²) in [5.74, 6) is -5.72. The monoisotopic (exact) mass is 712 g/mol. The maximum Gasteiger partial charge on any atom is 0.326 e. The predicted octanol–water partition coefficient (Wildman–Crippen LogP) is -2.69. The Kier molecular flexibility index (Phi) is 21.4. The average Bonchev–Trinajstić information content (AvgIpc) is 3.03. The molecule has 0 aromatic rings. The van der Waals surface area contributed by atoms with Crippen LogP contribution in [-0.2, 0) is 28.8 Å². The van der Waals surface area contributed by atoms with Crippen LogP contribution in [0.3, 0.4) is 0 Å². The minimum Gasteiger partial charge on any atom is -0.480 e. The first kappa shape index (κ1) is 45.3. The number of carboxylic acid groups (broad SMARTS) is 1. The normalized spacial score (nSPS) is 14.6. The van der Waals surface area contributed by atoms with Gasteiger partial charge in [-0.15, -0.1) is 0 Å². The van der Waals surface area contributed by atoms with Gasteiger partial charge in [0.15, 0.2) is 11.9 Å². The minimum atomic E-state index is -1.21. The molecule has 0 aromatic carbocycles. The van der Waals surface area contributed by atoms with E-state index >= 15 is 0 Å². The summed E-state index contributed by atoms with van der Waals surface area (Å²) in [5, 5.41) is 22.7. The van der Waals surface area contributed by atoms with Crippen LogP contribution >= 0.6 is 0 Å². The van der Waals surface area contributed by atoms with Gasteiger partial charge in [-0.25, -0.2) is 4.79 Å². The molecule has 0 aliphatic carbocycles. The lowest BCUT2D eigenvalue weighted by molar-refractivity contribution is -0.143. The number of amides is 5. The first-order valence-electron chi connectivity index (χ1n) is 16.9. The lowest BCUT2D eigenvalue weighted by Crippen LogP contribution is -2.60. The topological polar surface area (TPSA) is 338 Å². The van der Waals surface area contributed by atoms with Crippen LogP contribution in [0.2, 0.25) is 0 Å². The van der Waals surface area contributed by atoms with Crippen LogP contribution in [0.25, 0.3) is 0 Å². The smallest absolute Gasteiger partial charge is 0.326 e. The van der Waals surface area contributed by atoms with Gasteiger partial charge in [0.1, 0.15) is 30.2 Å². The fraction of sp³-hybridized carbons (Fsp3) is 0.742. The summed E-state index contributed by atoms with van der Waals surface area (Å²) in [5.41, 5.74) is 27.0. The summed E-state index contributed by atoms with van der Waals surface area (Å²) in [7, 11) is 0. The number of carbonyl (C=O) groups excluding carboxylic acids is 5. The van der Waals surface area contributed by atoms with Gasteiger partial charge >= 0.3 is 5.97 Å². The Morgan fingerprint density at radius 2 is 1.08 bits per heavy atom. The molecule has 0 aliphatic heterocycles. The molecule has 0 spiro atoms. The molecular weight excluding hydrogens is 652 g/mol. The zero-order chi connectivity index (χ0) is 38.6. The highest BCUT2D eigenvalue weighted by atomic mass is 16.4. The van der Waals surface area contributed by atoms with Gasteiger partial charge in [0.05, 0.1) is 6.54 Å². The summed E-state index contributed by atoms with van der Waals surface area (Å²) in [6, 6.07) is -5.70. The molecule has 0 rings (SSSR count). The highest BCUT2D eigenvalue weighted by Gasteiger charge is 2.34. The highest BCUT2D eigenvalue weighted by molar-refractivity contribution is 5.96. The van der Waals surface area contributed by atoms with E-state index in [1.54, 1.807) is 20.8 Å². The number of carboxylic acids is 1. The lowest BCUT2D eigenvalue weighted by Gasteiger charge is -2.30. The number of guanidine groups is 2. The number of hydrogen-bond acceptors (Lipinski definition) is 9. The minimum absolute atomic E-state index is 0.0239. The van der Waals surface area contributed by atoms with E-state index in [-0.39, 0.29) is 63.2 Å². The molecule has 0 saturated carbocycles. The standard InChI is InChI=1S/C31H60N12O7/c1-7-18(6)24(43-25(45)19(39-22(44)15-32)10-8-12-37-30(33)34)28(48)40-20(11-9-13-38-31(35)36)26(46)42-23(17(4)5)27(47)41-21(29(49)50)14-16(2)3/h16-21,23-24H,7-15,32H2,1-6H3,(H,39,44)(H,40,48)(H,41,47)(H,42,46)(H,43,45)(H,49,50)(H4,33,34,37)(H4,35,36,38)/t18-,19-,20-,21-,23-,24-/m0/s1. The summed E-state index contributed by atoms with van der Waals surface area (Å²) < 4.78 is 0. The van der Waals surface area contributed by atoms with Crippen LogP contribution in [-0.4, -0.2) is 102 Å². The second-order valence-electron chi connectivity index (χ2n) is 12.9. The predicted molar refractivity (Wildman–Crippen MR) is 190 cm³/mol. The third-order valence-electron chi connectivity index (χ3n) is 7.72. The number of nitrogens with one attached hydrogen (secondary N) is 5. The maximum absolute atomic E-state index is 13.8. The molecule has 0 radical (unpaired) electrons. The number of carbonyl (C=O) groups is 6. The quantitative estimate of drug-likeness (QED) is 0.0277. The average molecular weight is 713 g/mol. The molecule has 0 aromatic heterocycles. The Bertz CT molecular complexity index is 1190. The maximum atomic E-state index is 13.8. The molecule has 0 heterocycles. The Morgan fingerprint density at radius 1 is 0.640 bits per heavy atom. The van der Waals surface area contributed by atoms with Crippen molar-refractivity contribution in [2.24, 2.45) is 56.4 Å². The zero-order valence-electron chi connectivity index (χ0n) is 30.2. The van der Waals surface area contributed by atoms with E-state index in [2.05, 4.69) is 36.6 Å². The molecule has 6 atom stereocenters. The first-order chi connectivity index (χ1) is 23.3. The van der Waals surface area contributed by atoms with E-state index in [0.29, 0.717) is 12.8 Å². The summed E-state index contributed by atoms with van der Waals surface area (Å²) in [6.07, 6.45) is 1.41. The van der Waals surface area contributed by atoms with Gasteiger partial charge in [0, 0.05) is 13.1 Å². The number of aliphatic carboxylic acids is 1. The second-order valence-corrected chi connectivity index (χ2v) is 12.9. The third-order valence-corrected chi connectivity index (χ3v) is 7.72. The van der Waals surface area contributed by atoms with Gasteiger partial charge in [-0.3, -0.25) is 34.0 Å². The van der Waals surface area contributed by atoms with E-state index in [1.165, 1.54) is 0 Å². The highest BCUT2D eigenvalue weighted by Crippen LogP contribution is 2.12. The van der Waals surface area contributed by atoms with Crippen molar-refractivity contribution in [1.29, 1.82) is 0 Å². The van der Waals surface area contributed by atoms with Crippen LogP contribution < -0.4 is 55.3 Å². The Labute approximate surface area is 294 Å². The van der Waals surface area contributed by atoms with Crippen LogP contribution in [0.1, 0.15) is 80.1 Å². The van der Waals surface area contributed by atoms with Crippen molar-refractivity contribution in [3.8, 4) is 0 Å². The first-order valence-corrected chi connectivity index (χ1v) is 16.9. The van der Waals surface area contributed by atoms with Crippen molar-refractivity contribution in [3.05, 3.63) is 0 Å². The molecule has 16 N–H and O–H groups in total. The van der Waals surface area contributed by atoms with Gasteiger partial charge in [0.2, 0.25) is 29.5 Å². The number of nitrogens with two attached hydrogens (primary N) is 5. The van der Waals surface area contributed by atoms with Crippen LogP contribution in [0.4, 0.5) is 0 Å². The van der Waals surface area contributed by atoms with Gasteiger partial charge < -0.3 is 60.4 Å². The fourth-order valence-electron chi connectivity index (χ4n) is 4.76. The van der Waals surface area contributed by atoms with E-state index in [4.69, 9.17) is 28.7 Å². The number of aliphatic imine (C=N–C) groups is 2. The van der Waals surface area contributed by atoms with E-state index < -0.39 is 77.6 Å². The molecule has 19 heteroatoms. The van der Waals surface area contributed by atoms with Crippen molar-refractivity contribution in [1.82, 2.24) is 26.6 Å². The van der Waals surface area contributed by atoms with Crippen molar-refractivity contribution < 1.29 is 33.9 Å². The lowest BCUT2D eigenvalue weighted by atomic mass is 9.96. The van der Waals surface area contributed by atoms with Gasteiger partial charge in [-0.2, -0.15) is 0 Å². The molecule has 0 saturated heterocycles. The molecule has 50 heavy (non-hydrogen) atoms. The van der Waals surface area contributed by atoms with Crippen molar-refractivity contribution in [2.45, 2.75) is 110 Å². The van der Waals surface area contributed by atoms with E-state index in [0.717, 1.165) is 0 Å². The van der Waals surface area contributed by atoms with Crippen LogP contribution in [0.5, 0.6) is 0 Å². The molecule has 0 aliphatic rings. The number of rotatable bonds is 24. The van der Waals surface area contributed by atoms with Crippen molar-refractivity contribution >= 4 is 47.4 Å². The fourth-order valence-corrected chi connectivity index (χ4v) is 4.76. The molecule has 0 fully saturated rings. The van der Waals surface area contributed by atoms with Crippen molar-refractivity contribution in [2.75, 3.05) is 19.6 Å². The van der Waals surface area contributed by atoms with E-state index in [9.17, 15) is 33.9 Å². The molecule has 0 bridgehead atoms. The summed E-state index contributed by atoms with van der Waals surface area (Å²) in [4.78, 5) is 85.8. The number of hydrogen-bond donors (Lipinski definition) is 11. The largest absolute Gasteiger partial charge is 0.480 e. The van der Waals surface area contributed by atoms with Gasteiger partial charge in [0.25, 0.3) is 0 Å². The molecule has 286 valence electrons. The number of nitrogens with zero attached hydrogens (tertiary/aromatic N) is 2. The van der Waals surface area contributed by atoms with Gasteiger partial charge in [-0.1, -0.05) is 48.0 Å².